The van der Waals surface area contributed by atoms with Crippen LogP contribution < -0.4 is 9.64 Å². The van der Waals surface area contributed by atoms with Crippen LogP contribution in [-0.2, 0) is 9.53 Å². The molecule has 3 unspecified atom stereocenters. The van der Waals surface area contributed by atoms with E-state index in [-0.39, 0.29) is 41.6 Å². The van der Waals surface area contributed by atoms with Crippen LogP contribution in [0, 0.1) is 0 Å². The average molecular weight is 591 g/mol. The lowest BCUT2D eigenvalue weighted by atomic mass is 9.88. The Bertz CT molecular complexity index is 1310. The van der Waals surface area contributed by atoms with Crippen molar-refractivity contribution in [2.75, 3.05) is 24.6 Å². The van der Waals surface area contributed by atoms with E-state index in [1.54, 1.807) is 16.5 Å². The average Bonchev–Trinajstić information content (AvgIpc) is 3.49. The summed E-state index contributed by atoms with van der Waals surface area (Å²) >= 11 is 3.70. The fraction of sp³-hybridized carbons (Fsp3) is 0.429. The van der Waals surface area contributed by atoms with Gasteiger partial charge in [0.05, 0.1) is 24.3 Å². The number of anilines is 1. The summed E-state index contributed by atoms with van der Waals surface area (Å²) in [5, 5.41) is 11.6. The van der Waals surface area contributed by atoms with Gasteiger partial charge in [-0.2, -0.15) is 18.2 Å². The molecule has 3 fully saturated rings. The number of piperidine rings is 1. The van der Waals surface area contributed by atoms with Crippen molar-refractivity contribution in [3.05, 3.63) is 23.7 Å². The minimum absolute atomic E-state index is 0.0515. The first-order valence-electron chi connectivity index (χ1n) is 10.7. The maximum Gasteiger partial charge on any atom is 0.450 e. The molecule has 0 aliphatic carbocycles. The summed E-state index contributed by atoms with van der Waals surface area (Å²) < 4.78 is 54.1. The number of hydrogen-bond acceptors (Lipinski definition) is 9. The monoisotopic (exact) mass is 590 g/mol. The zero-order chi connectivity index (χ0) is 25.8. The smallest absolute Gasteiger partial charge is 0.450 e. The van der Waals surface area contributed by atoms with Crippen molar-refractivity contribution in [2.45, 2.75) is 36.1 Å². The van der Waals surface area contributed by atoms with Crippen LogP contribution in [-0.4, -0.2) is 74.5 Å². The second-order valence-corrected chi connectivity index (χ2v) is 10.2. The van der Waals surface area contributed by atoms with Gasteiger partial charge in [0.25, 0.3) is 6.01 Å². The van der Waals surface area contributed by atoms with E-state index in [0.29, 0.717) is 30.1 Å². The zero-order valence-corrected chi connectivity index (χ0v) is 20.9. The van der Waals surface area contributed by atoms with Crippen molar-refractivity contribution >= 4 is 56.4 Å². The minimum Gasteiger partial charge on any atom is -0.465 e. The molecule has 192 valence electrons. The van der Waals surface area contributed by atoms with E-state index in [9.17, 15) is 27.9 Å². The van der Waals surface area contributed by atoms with Gasteiger partial charge in [-0.1, -0.05) is 0 Å². The summed E-state index contributed by atoms with van der Waals surface area (Å²) in [5.74, 6) is -2.03. The van der Waals surface area contributed by atoms with Crippen molar-refractivity contribution < 1.29 is 41.8 Å². The molecule has 3 atom stereocenters. The van der Waals surface area contributed by atoms with Gasteiger partial charge in [0, 0.05) is 24.7 Å². The Morgan fingerprint density at radius 2 is 2.03 bits per heavy atom. The number of hydrogen-bond donors (Lipinski definition) is 1. The Labute approximate surface area is 213 Å². The number of rotatable bonds is 6. The largest absolute Gasteiger partial charge is 0.465 e. The predicted octanol–water partition coefficient (Wildman–Crippen LogP) is 4.49. The number of piperazine rings is 1. The van der Waals surface area contributed by atoms with E-state index in [0.717, 1.165) is 0 Å². The number of halogens is 4. The molecular weight excluding hydrogens is 573 g/mol. The maximum absolute atomic E-state index is 13.9. The number of aromatic nitrogens is 2. The molecule has 3 aliphatic heterocycles. The maximum atomic E-state index is 13.9. The van der Waals surface area contributed by atoms with E-state index >= 15 is 0 Å². The normalized spacial score (nSPS) is 21.1. The van der Waals surface area contributed by atoms with Crippen LogP contribution in [0.25, 0.3) is 21.7 Å². The first kappa shape index (κ1) is 24.6. The first-order chi connectivity index (χ1) is 17.0. The molecule has 2 aromatic heterocycles. The van der Waals surface area contributed by atoms with Crippen LogP contribution in [0.5, 0.6) is 5.75 Å². The number of oxazole rings is 1. The Morgan fingerprint density at radius 3 is 2.61 bits per heavy atom. The highest BCUT2D eigenvalue weighted by molar-refractivity contribution is 9.10. The number of amides is 1. The second-order valence-electron chi connectivity index (χ2n) is 8.18. The lowest BCUT2D eigenvalue weighted by Gasteiger charge is -2.54. The van der Waals surface area contributed by atoms with Crippen molar-refractivity contribution in [3.8, 4) is 16.3 Å². The molecule has 1 aromatic carbocycles. The van der Waals surface area contributed by atoms with Crippen molar-refractivity contribution in [1.29, 1.82) is 0 Å². The first-order valence-corrected chi connectivity index (χ1v) is 12.4. The topological polar surface area (TPSA) is 118 Å². The number of thiazole rings is 1. The summed E-state index contributed by atoms with van der Waals surface area (Å²) in [4.78, 5) is 35.4. The van der Waals surface area contributed by atoms with Gasteiger partial charge in [0.15, 0.2) is 16.8 Å². The Balaban J connectivity index is 1.57. The van der Waals surface area contributed by atoms with Crippen molar-refractivity contribution in [1.82, 2.24) is 14.9 Å². The van der Waals surface area contributed by atoms with Crippen LogP contribution in [0.4, 0.5) is 24.0 Å². The van der Waals surface area contributed by atoms with Gasteiger partial charge >= 0.3 is 22.7 Å². The minimum atomic E-state index is -5.17. The number of alkyl halides is 4. The van der Waals surface area contributed by atoms with Crippen LogP contribution in [0.15, 0.2) is 28.1 Å². The predicted molar refractivity (Wildman–Crippen MR) is 124 cm³/mol. The summed E-state index contributed by atoms with van der Waals surface area (Å²) in [6.07, 6.45) is -3.89. The highest BCUT2D eigenvalue weighted by Gasteiger charge is 2.63. The zero-order valence-electron chi connectivity index (χ0n) is 18.5. The Morgan fingerprint density at radius 1 is 1.31 bits per heavy atom. The highest BCUT2D eigenvalue weighted by Crippen LogP contribution is 2.45. The molecule has 3 aromatic rings. The number of carbonyl (C=O) groups excluding carboxylic acids is 1. The third-order valence-electron chi connectivity index (χ3n) is 6.00. The quantitative estimate of drug-likeness (QED) is 0.327. The van der Waals surface area contributed by atoms with E-state index in [1.807, 2.05) is 0 Å². The van der Waals surface area contributed by atoms with Crippen LogP contribution in [0.2, 0.25) is 0 Å². The molecule has 3 aliphatic rings. The van der Waals surface area contributed by atoms with E-state index in [1.165, 1.54) is 35.3 Å². The van der Waals surface area contributed by atoms with Gasteiger partial charge in [0.2, 0.25) is 0 Å². The summed E-state index contributed by atoms with van der Waals surface area (Å²) in [7, 11) is 0. The molecule has 1 N–H and O–H groups in total. The molecule has 1 amide bonds. The van der Waals surface area contributed by atoms with Crippen LogP contribution in [0.1, 0.15) is 13.3 Å². The SMILES string of the molecule is CCOC(=O)C(Br)(Oc1ccc(-c2nccs2)c2oc(N3CC4CC(C3)N4C(=O)O)nc12)C(F)(F)F. The third kappa shape index (κ3) is 3.93. The van der Waals surface area contributed by atoms with Gasteiger partial charge in [-0.3, -0.25) is 4.90 Å². The lowest BCUT2D eigenvalue weighted by Crippen LogP contribution is -2.70. The molecule has 36 heavy (non-hydrogen) atoms. The fourth-order valence-corrected chi connectivity index (χ4v) is 5.33. The standard InChI is InChI=1S/C21H18BrF3N4O6S/c1-2-33-17(30)20(22,21(23,24)25)35-13-4-3-12(16-26-5-6-36-16)15-14(13)27-18(34-15)28-8-10-7-11(9-28)29(10)19(31)32/h3-6,10-11H,2,7-9H2,1H3,(H,31,32). The number of fused-ring (bicyclic) bond motifs is 3. The molecule has 15 heteroatoms. The van der Waals surface area contributed by atoms with Gasteiger partial charge in [-0.25, -0.2) is 14.6 Å². The van der Waals surface area contributed by atoms with Crippen molar-refractivity contribution in [2.24, 2.45) is 0 Å². The third-order valence-corrected chi connectivity index (χ3v) is 7.74. The highest BCUT2D eigenvalue weighted by atomic mass is 79.9. The number of carbonyl (C=O) groups is 2. The molecule has 0 saturated carbocycles. The second kappa shape index (κ2) is 8.80. The molecule has 10 nitrogen and oxygen atoms in total. The Kier molecular flexibility index (Phi) is 6.01. The summed E-state index contributed by atoms with van der Waals surface area (Å²) in [5.41, 5.74) is 0.542. The van der Waals surface area contributed by atoms with Gasteiger partial charge in [-0.05, 0) is 41.4 Å². The molecule has 0 radical (unpaired) electrons. The summed E-state index contributed by atoms with van der Waals surface area (Å²) in [6.45, 7) is 1.71. The molecule has 5 heterocycles. The molecule has 6 rings (SSSR count). The fourth-order valence-electron chi connectivity index (χ4n) is 4.38. The molecule has 0 spiro atoms. The van der Waals surface area contributed by atoms with Gasteiger partial charge in [-0.15, -0.1) is 11.3 Å². The number of nitrogens with zero attached hydrogens (tertiary/aromatic N) is 4. The molecular formula is C21H18BrF3N4O6S. The van der Waals surface area contributed by atoms with Crippen molar-refractivity contribution in [3.63, 3.8) is 0 Å². The van der Waals surface area contributed by atoms with E-state index in [2.05, 4.69) is 30.6 Å². The van der Waals surface area contributed by atoms with Gasteiger partial charge in [0.1, 0.15) is 5.01 Å². The number of esters is 1. The lowest BCUT2D eigenvalue weighted by molar-refractivity contribution is -0.220. The molecule has 3 saturated heterocycles. The Hall–Kier alpha value is -3.07. The number of ether oxygens (including phenoxy) is 2. The van der Waals surface area contributed by atoms with Crippen LogP contribution in [0.3, 0.4) is 0 Å². The van der Waals surface area contributed by atoms with Gasteiger partial charge < -0.3 is 23.9 Å². The number of benzene rings is 1. The van der Waals surface area contributed by atoms with E-state index < -0.39 is 22.7 Å². The van der Waals surface area contributed by atoms with Crippen LogP contribution >= 0.6 is 27.3 Å². The molecule has 2 bridgehead atoms. The number of carboxylic acid groups (broad SMARTS) is 1. The van der Waals surface area contributed by atoms with E-state index in [4.69, 9.17) is 9.15 Å². The summed E-state index contributed by atoms with van der Waals surface area (Å²) in [6, 6.07) is 2.35.